The molecule has 4 nitrogen and oxygen atoms in total. The molecule has 0 aliphatic heterocycles. The number of hydrogen-bond donors (Lipinski definition) is 1. The van der Waals surface area contributed by atoms with Crippen LogP contribution in [0, 0.1) is 12.7 Å². The number of hydrogen-bond acceptors (Lipinski definition) is 4. The van der Waals surface area contributed by atoms with Gasteiger partial charge in [0.1, 0.15) is 11.6 Å². The summed E-state index contributed by atoms with van der Waals surface area (Å²) in [6.45, 7) is 3.11. The van der Waals surface area contributed by atoms with Crippen molar-refractivity contribution in [3.8, 4) is 0 Å². The van der Waals surface area contributed by atoms with Gasteiger partial charge in [-0.25, -0.2) is 4.39 Å². The molecule has 0 saturated carbocycles. The Morgan fingerprint density at radius 3 is 2.89 bits per heavy atom. The fraction of sp³-hybridized carbons (Fsp3) is 0.333. The number of rotatable bonds is 5. The number of nitrogens with two attached hydrogens (primary N) is 1. The SMILES string of the molecule is Cc1nnc(SCc2ccc(F)c(Cl)c2)n1CCN. The fourth-order valence-electron chi connectivity index (χ4n) is 1.63. The Hall–Kier alpha value is -1.11. The molecule has 19 heavy (non-hydrogen) atoms. The zero-order valence-electron chi connectivity index (χ0n) is 10.4. The fourth-order valence-corrected chi connectivity index (χ4v) is 2.79. The van der Waals surface area contributed by atoms with E-state index in [9.17, 15) is 4.39 Å². The predicted octanol–water partition coefficient (Wildman–Crippen LogP) is 2.63. The minimum atomic E-state index is -0.405. The molecule has 1 heterocycles. The van der Waals surface area contributed by atoms with E-state index >= 15 is 0 Å². The third-order valence-electron chi connectivity index (χ3n) is 2.61. The standard InChI is InChI=1S/C12H14ClFN4S/c1-8-16-17-12(18(8)5-4-15)19-7-9-2-3-11(14)10(13)6-9/h2-3,6H,4-5,7,15H2,1H3. The van der Waals surface area contributed by atoms with Gasteiger partial charge in [-0.2, -0.15) is 0 Å². The maximum absolute atomic E-state index is 13.1. The summed E-state index contributed by atoms with van der Waals surface area (Å²) in [5.74, 6) is 1.09. The average molecular weight is 301 g/mol. The van der Waals surface area contributed by atoms with Crippen LogP contribution in [-0.4, -0.2) is 21.3 Å². The van der Waals surface area contributed by atoms with Crippen molar-refractivity contribution < 1.29 is 4.39 Å². The maximum Gasteiger partial charge on any atom is 0.191 e. The molecule has 0 fully saturated rings. The van der Waals surface area contributed by atoms with Gasteiger partial charge in [-0.3, -0.25) is 0 Å². The summed E-state index contributed by atoms with van der Waals surface area (Å²) in [7, 11) is 0. The van der Waals surface area contributed by atoms with Crippen molar-refractivity contribution in [2.45, 2.75) is 24.4 Å². The second kappa shape index (κ2) is 6.36. The first-order valence-corrected chi connectivity index (χ1v) is 7.14. The van der Waals surface area contributed by atoms with E-state index in [1.165, 1.54) is 17.8 Å². The van der Waals surface area contributed by atoms with Gasteiger partial charge in [-0.15, -0.1) is 10.2 Å². The minimum Gasteiger partial charge on any atom is -0.329 e. The third-order valence-corrected chi connectivity index (χ3v) is 3.93. The summed E-state index contributed by atoms with van der Waals surface area (Å²) < 4.78 is 15.0. The van der Waals surface area contributed by atoms with Crippen molar-refractivity contribution in [3.63, 3.8) is 0 Å². The first-order chi connectivity index (χ1) is 9.11. The zero-order valence-corrected chi connectivity index (χ0v) is 12.0. The predicted molar refractivity (Wildman–Crippen MR) is 74.8 cm³/mol. The molecular formula is C12H14ClFN4S. The van der Waals surface area contributed by atoms with Crippen LogP contribution >= 0.6 is 23.4 Å². The molecule has 2 rings (SSSR count). The summed E-state index contributed by atoms with van der Waals surface area (Å²) in [4.78, 5) is 0. The normalized spacial score (nSPS) is 10.9. The average Bonchev–Trinajstić information content (AvgIpc) is 2.73. The molecule has 1 aromatic heterocycles. The van der Waals surface area contributed by atoms with Crippen LogP contribution in [0.15, 0.2) is 23.4 Å². The molecule has 0 aliphatic carbocycles. The number of nitrogens with zero attached hydrogens (tertiary/aromatic N) is 3. The molecule has 2 aromatic rings. The smallest absolute Gasteiger partial charge is 0.191 e. The molecule has 0 amide bonds. The Bertz CT molecular complexity index is 573. The lowest BCUT2D eigenvalue weighted by Gasteiger charge is -2.06. The van der Waals surface area contributed by atoms with Crippen molar-refractivity contribution in [1.82, 2.24) is 14.8 Å². The number of benzene rings is 1. The third kappa shape index (κ3) is 3.46. The van der Waals surface area contributed by atoms with E-state index < -0.39 is 5.82 Å². The molecule has 0 saturated heterocycles. The van der Waals surface area contributed by atoms with Crippen LogP contribution in [0.25, 0.3) is 0 Å². The van der Waals surface area contributed by atoms with Crippen molar-refractivity contribution in [2.24, 2.45) is 5.73 Å². The zero-order chi connectivity index (χ0) is 13.8. The maximum atomic E-state index is 13.1. The molecule has 0 bridgehead atoms. The van der Waals surface area contributed by atoms with Crippen molar-refractivity contribution in [3.05, 3.63) is 40.4 Å². The highest BCUT2D eigenvalue weighted by molar-refractivity contribution is 7.98. The molecule has 0 unspecified atom stereocenters. The molecule has 0 radical (unpaired) electrons. The summed E-state index contributed by atoms with van der Waals surface area (Å²) in [6, 6.07) is 4.71. The van der Waals surface area contributed by atoms with Gasteiger partial charge >= 0.3 is 0 Å². The van der Waals surface area contributed by atoms with E-state index in [0.717, 1.165) is 16.5 Å². The van der Waals surface area contributed by atoms with Crippen LogP contribution in [0.3, 0.4) is 0 Å². The monoisotopic (exact) mass is 300 g/mol. The van der Waals surface area contributed by atoms with Gasteiger partial charge in [0, 0.05) is 18.8 Å². The van der Waals surface area contributed by atoms with E-state index in [-0.39, 0.29) is 5.02 Å². The first kappa shape index (κ1) is 14.3. The largest absolute Gasteiger partial charge is 0.329 e. The van der Waals surface area contributed by atoms with Crippen molar-refractivity contribution >= 4 is 23.4 Å². The second-order valence-electron chi connectivity index (χ2n) is 4.01. The first-order valence-electron chi connectivity index (χ1n) is 5.78. The molecular weight excluding hydrogens is 287 g/mol. The lowest BCUT2D eigenvalue weighted by atomic mass is 10.2. The Morgan fingerprint density at radius 1 is 1.42 bits per heavy atom. The van der Waals surface area contributed by atoms with Gasteiger partial charge in [0.05, 0.1) is 5.02 Å². The van der Waals surface area contributed by atoms with Gasteiger partial charge < -0.3 is 10.3 Å². The Labute approximate surface area is 120 Å². The lowest BCUT2D eigenvalue weighted by molar-refractivity contribution is 0.626. The number of halogens is 2. The van der Waals surface area contributed by atoms with E-state index in [0.29, 0.717) is 18.8 Å². The molecule has 0 spiro atoms. The minimum absolute atomic E-state index is 0.137. The highest BCUT2D eigenvalue weighted by Crippen LogP contribution is 2.24. The number of aromatic nitrogens is 3. The summed E-state index contributed by atoms with van der Waals surface area (Å²) in [5, 5.41) is 9.08. The van der Waals surface area contributed by atoms with Crippen LogP contribution < -0.4 is 5.73 Å². The molecule has 102 valence electrons. The molecule has 1 aromatic carbocycles. The Kier molecular flexibility index (Phi) is 4.79. The van der Waals surface area contributed by atoms with Gasteiger partial charge in [0.25, 0.3) is 0 Å². The molecule has 2 N–H and O–H groups in total. The summed E-state index contributed by atoms with van der Waals surface area (Å²) in [6.07, 6.45) is 0. The molecule has 7 heteroatoms. The highest BCUT2D eigenvalue weighted by atomic mass is 35.5. The van der Waals surface area contributed by atoms with Crippen LogP contribution in [0.5, 0.6) is 0 Å². The Morgan fingerprint density at radius 2 is 2.21 bits per heavy atom. The van der Waals surface area contributed by atoms with E-state index in [4.69, 9.17) is 17.3 Å². The van der Waals surface area contributed by atoms with Crippen LogP contribution in [-0.2, 0) is 12.3 Å². The van der Waals surface area contributed by atoms with Gasteiger partial charge in [0.15, 0.2) is 5.16 Å². The summed E-state index contributed by atoms with van der Waals surface area (Å²) in [5.41, 5.74) is 6.50. The molecule has 0 atom stereocenters. The number of thioether (sulfide) groups is 1. The van der Waals surface area contributed by atoms with E-state index in [1.54, 1.807) is 12.1 Å². The molecule has 0 aliphatic rings. The topological polar surface area (TPSA) is 56.7 Å². The Balaban J connectivity index is 2.07. The second-order valence-corrected chi connectivity index (χ2v) is 5.36. The highest BCUT2D eigenvalue weighted by Gasteiger charge is 2.09. The quantitative estimate of drug-likeness (QED) is 0.863. The van der Waals surface area contributed by atoms with Crippen LogP contribution in [0.1, 0.15) is 11.4 Å². The van der Waals surface area contributed by atoms with Crippen LogP contribution in [0.4, 0.5) is 4.39 Å². The lowest BCUT2D eigenvalue weighted by Crippen LogP contribution is -2.12. The van der Waals surface area contributed by atoms with Gasteiger partial charge in [-0.1, -0.05) is 29.4 Å². The summed E-state index contributed by atoms with van der Waals surface area (Å²) >= 11 is 7.27. The van der Waals surface area contributed by atoms with Crippen LogP contribution in [0.2, 0.25) is 5.02 Å². The van der Waals surface area contributed by atoms with Crippen molar-refractivity contribution in [1.29, 1.82) is 0 Å². The van der Waals surface area contributed by atoms with Gasteiger partial charge in [-0.05, 0) is 24.6 Å². The van der Waals surface area contributed by atoms with Crippen molar-refractivity contribution in [2.75, 3.05) is 6.54 Å². The van der Waals surface area contributed by atoms with E-state index in [1.807, 2.05) is 11.5 Å². The van der Waals surface area contributed by atoms with Gasteiger partial charge in [0.2, 0.25) is 0 Å². The van der Waals surface area contributed by atoms with E-state index in [2.05, 4.69) is 10.2 Å². The number of aryl methyl sites for hydroxylation is 1.